The topological polar surface area (TPSA) is 66.5 Å². The van der Waals surface area contributed by atoms with E-state index >= 15 is 0 Å². The van der Waals surface area contributed by atoms with Crippen molar-refractivity contribution in [1.29, 1.82) is 0 Å². The molecule has 1 amide bonds. The largest absolute Gasteiger partial charge is 0.350 e. The van der Waals surface area contributed by atoms with Crippen molar-refractivity contribution in [2.45, 2.75) is 37.1 Å². The number of rotatable bonds is 5. The highest BCUT2D eigenvalue weighted by molar-refractivity contribution is 7.89. The van der Waals surface area contributed by atoms with Gasteiger partial charge in [-0.3, -0.25) is 4.79 Å². The normalized spacial score (nSPS) is 17.1. The minimum atomic E-state index is -3.45. The van der Waals surface area contributed by atoms with E-state index in [2.05, 4.69) is 11.9 Å². The minimum Gasteiger partial charge on any atom is -0.350 e. The maximum Gasteiger partial charge on any atom is 0.243 e. The van der Waals surface area contributed by atoms with E-state index in [1.54, 1.807) is 18.2 Å². The average Bonchev–Trinajstić information content (AvgIpc) is 2.55. The molecule has 6 heteroatoms. The van der Waals surface area contributed by atoms with E-state index in [1.807, 2.05) is 13.0 Å². The zero-order valence-corrected chi connectivity index (χ0v) is 13.6. The summed E-state index contributed by atoms with van der Waals surface area (Å²) in [6.45, 7) is 6.25. The molecule has 1 fully saturated rings. The fraction of sp³-hybridized carbons (Fsp3) is 0.438. The predicted octanol–water partition coefficient (Wildman–Crippen LogP) is 1.70. The smallest absolute Gasteiger partial charge is 0.243 e. The Hall–Kier alpha value is -1.66. The Morgan fingerprint density at radius 1 is 1.41 bits per heavy atom. The first-order valence-corrected chi connectivity index (χ1v) is 8.93. The zero-order chi connectivity index (χ0) is 16.2. The molecule has 0 unspecified atom stereocenters. The lowest BCUT2D eigenvalue weighted by Gasteiger charge is -2.31. The van der Waals surface area contributed by atoms with Crippen LogP contribution in [0.15, 0.2) is 41.8 Å². The second kappa shape index (κ2) is 7.07. The third kappa shape index (κ3) is 3.75. The van der Waals surface area contributed by atoms with E-state index in [0.29, 0.717) is 30.8 Å². The monoisotopic (exact) mass is 322 g/mol. The molecule has 120 valence electrons. The molecule has 1 heterocycles. The predicted molar refractivity (Wildman–Crippen MR) is 85.9 cm³/mol. The number of carbonyl (C=O) groups excluding carboxylic acids is 1. The summed E-state index contributed by atoms with van der Waals surface area (Å²) in [5.74, 6) is -0.211. The standard InChI is InChI=1S/C16H22N2O3S/c1-3-13-6-5-7-15(12-13)22(20,21)18-10-8-14(9-11-18)17-16(19)4-2/h4-7,12,14H,2-3,8-11H2,1H3,(H,17,19). The molecule has 5 nitrogen and oxygen atoms in total. The molecular weight excluding hydrogens is 300 g/mol. The van der Waals surface area contributed by atoms with Crippen LogP contribution >= 0.6 is 0 Å². The molecule has 0 saturated carbocycles. The second-order valence-electron chi connectivity index (χ2n) is 5.39. The van der Waals surface area contributed by atoms with Gasteiger partial charge in [0.2, 0.25) is 15.9 Å². The number of hydrogen-bond acceptors (Lipinski definition) is 3. The molecule has 22 heavy (non-hydrogen) atoms. The number of nitrogens with one attached hydrogen (secondary N) is 1. The van der Waals surface area contributed by atoms with Gasteiger partial charge < -0.3 is 5.32 Å². The number of benzene rings is 1. The molecule has 1 aliphatic heterocycles. The number of amides is 1. The zero-order valence-electron chi connectivity index (χ0n) is 12.8. The highest BCUT2D eigenvalue weighted by Gasteiger charge is 2.29. The molecule has 0 bridgehead atoms. The molecule has 0 spiro atoms. The van der Waals surface area contributed by atoms with Crippen LogP contribution < -0.4 is 5.32 Å². The summed E-state index contributed by atoms with van der Waals surface area (Å²) < 4.78 is 26.8. The summed E-state index contributed by atoms with van der Waals surface area (Å²) in [6.07, 6.45) is 3.27. The summed E-state index contributed by atoms with van der Waals surface area (Å²) in [4.78, 5) is 11.6. The molecule has 1 aromatic carbocycles. The van der Waals surface area contributed by atoms with Gasteiger partial charge in [-0.05, 0) is 43.0 Å². The second-order valence-corrected chi connectivity index (χ2v) is 7.33. The van der Waals surface area contributed by atoms with E-state index in [0.717, 1.165) is 12.0 Å². The number of aryl methyl sites for hydroxylation is 1. The fourth-order valence-corrected chi connectivity index (χ4v) is 4.12. The Labute approximate surface area is 132 Å². The Bertz CT molecular complexity index is 647. The van der Waals surface area contributed by atoms with Crippen molar-refractivity contribution in [2.24, 2.45) is 0 Å². The molecule has 1 N–H and O–H groups in total. The Morgan fingerprint density at radius 3 is 2.68 bits per heavy atom. The van der Waals surface area contributed by atoms with Gasteiger partial charge in [0, 0.05) is 19.1 Å². The van der Waals surface area contributed by atoms with Crippen molar-refractivity contribution in [3.63, 3.8) is 0 Å². The lowest BCUT2D eigenvalue weighted by atomic mass is 10.1. The van der Waals surface area contributed by atoms with Crippen LogP contribution in [0.25, 0.3) is 0 Å². The Kier molecular flexibility index (Phi) is 5.37. The van der Waals surface area contributed by atoms with Crippen molar-refractivity contribution in [1.82, 2.24) is 9.62 Å². The molecule has 0 radical (unpaired) electrons. The third-order valence-corrected chi connectivity index (χ3v) is 5.82. The van der Waals surface area contributed by atoms with E-state index in [4.69, 9.17) is 0 Å². The van der Waals surface area contributed by atoms with Gasteiger partial charge >= 0.3 is 0 Å². The lowest BCUT2D eigenvalue weighted by Crippen LogP contribution is -2.46. The highest BCUT2D eigenvalue weighted by atomic mass is 32.2. The van der Waals surface area contributed by atoms with Gasteiger partial charge in [-0.1, -0.05) is 25.6 Å². The maximum absolute atomic E-state index is 12.7. The fourth-order valence-electron chi connectivity index (χ4n) is 2.58. The van der Waals surface area contributed by atoms with Crippen molar-refractivity contribution >= 4 is 15.9 Å². The van der Waals surface area contributed by atoms with Crippen molar-refractivity contribution < 1.29 is 13.2 Å². The summed E-state index contributed by atoms with van der Waals surface area (Å²) in [5.41, 5.74) is 1.01. The molecule has 1 saturated heterocycles. The van der Waals surface area contributed by atoms with Crippen LogP contribution in [0.5, 0.6) is 0 Å². The molecule has 0 aliphatic carbocycles. The minimum absolute atomic E-state index is 0.0129. The number of hydrogen-bond donors (Lipinski definition) is 1. The van der Waals surface area contributed by atoms with E-state index in [1.165, 1.54) is 10.4 Å². The van der Waals surface area contributed by atoms with Crippen LogP contribution in [0.2, 0.25) is 0 Å². The van der Waals surface area contributed by atoms with Gasteiger partial charge in [-0.25, -0.2) is 8.42 Å². The number of nitrogens with zero attached hydrogens (tertiary/aromatic N) is 1. The number of sulfonamides is 1. The van der Waals surface area contributed by atoms with Crippen LogP contribution in [0.4, 0.5) is 0 Å². The summed E-state index contributed by atoms with van der Waals surface area (Å²) in [6, 6.07) is 7.10. The van der Waals surface area contributed by atoms with Gasteiger partial charge in [0.05, 0.1) is 4.90 Å². The first kappa shape index (κ1) is 16.7. The molecule has 0 atom stereocenters. The van der Waals surface area contributed by atoms with E-state index < -0.39 is 10.0 Å². The Balaban J connectivity index is 2.06. The molecule has 1 aliphatic rings. The van der Waals surface area contributed by atoms with Gasteiger partial charge in [-0.15, -0.1) is 0 Å². The van der Waals surface area contributed by atoms with Crippen LogP contribution in [-0.2, 0) is 21.2 Å². The van der Waals surface area contributed by atoms with Crippen LogP contribution in [0, 0.1) is 0 Å². The quantitative estimate of drug-likeness (QED) is 0.839. The van der Waals surface area contributed by atoms with Gasteiger partial charge in [0.25, 0.3) is 0 Å². The van der Waals surface area contributed by atoms with Crippen LogP contribution in [0.1, 0.15) is 25.3 Å². The Morgan fingerprint density at radius 2 is 2.09 bits per heavy atom. The highest BCUT2D eigenvalue weighted by Crippen LogP contribution is 2.21. The first-order valence-electron chi connectivity index (χ1n) is 7.49. The maximum atomic E-state index is 12.7. The average molecular weight is 322 g/mol. The molecule has 0 aromatic heterocycles. The van der Waals surface area contributed by atoms with Gasteiger partial charge in [0.1, 0.15) is 0 Å². The summed E-state index contributed by atoms with van der Waals surface area (Å²) in [7, 11) is -3.45. The summed E-state index contributed by atoms with van der Waals surface area (Å²) >= 11 is 0. The van der Waals surface area contributed by atoms with Gasteiger partial charge in [0.15, 0.2) is 0 Å². The molecular formula is C16H22N2O3S. The van der Waals surface area contributed by atoms with Crippen molar-refractivity contribution in [3.8, 4) is 0 Å². The lowest BCUT2D eigenvalue weighted by molar-refractivity contribution is -0.117. The number of carbonyl (C=O) groups is 1. The van der Waals surface area contributed by atoms with Gasteiger partial charge in [-0.2, -0.15) is 4.31 Å². The SMILES string of the molecule is C=CC(=O)NC1CCN(S(=O)(=O)c2cccc(CC)c2)CC1. The van der Waals surface area contributed by atoms with Crippen molar-refractivity contribution in [3.05, 3.63) is 42.5 Å². The third-order valence-electron chi connectivity index (χ3n) is 3.93. The molecule has 1 aromatic rings. The van der Waals surface area contributed by atoms with Crippen LogP contribution in [0.3, 0.4) is 0 Å². The first-order chi connectivity index (χ1) is 10.5. The number of piperidine rings is 1. The van der Waals surface area contributed by atoms with Crippen molar-refractivity contribution in [2.75, 3.05) is 13.1 Å². The van der Waals surface area contributed by atoms with E-state index in [9.17, 15) is 13.2 Å². The molecule has 2 rings (SSSR count). The summed E-state index contributed by atoms with van der Waals surface area (Å²) in [5, 5.41) is 2.82. The van der Waals surface area contributed by atoms with Crippen LogP contribution in [-0.4, -0.2) is 37.8 Å². The van der Waals surface area contributed by atoms with E-state index in [-0.39, 0.29) is 11.9 Å².